The Balaban J connectivity index is 1.34. The van der Waals surface area contributed by atoms with Gasteiger partial charge < -0.3 is 19.7 Å². The van der Waals surface area contributed by atoms with E-state index in [1.165, 1.54) is 6.26 Å². The number of nitrogens with one attached hydrogen (secondary N) is 1. The molecule has 8 heteroatoms. The number of amides is 2. The lowest BCUT2D eigenvalue weighted by Gasteiger charge is -2.29. The first-order valence-corrected chi connectivity index (χ1v) is 10.8. The zero-order valence-corrected chi connectivity index (χ0v) is 17.2. The Morgan fingerprint density at radius 2 is 2.07 bits per heavy atom. The highest BCUT2D eigenvalue weighted by Gasteiger charge is 2.25. The minimum Gasteiger partial charge on any atom is -0.444 e. The van der Waals surface area contributed by atoms with E-state index in [0.717, 1.165) is 23.1 Å². The van der Waals surface area contributed by atoms with Crippen LogP contribution in [0.2, 0.25) is 0 Å². The molecule has 3 heterocycles. The van der Waals surface area contributed by atoms with Gasteiger partial charge in [-0.1, -0.05) is 12.1 Å². The monoisotopic (exact) mass is 425 g/mol. The number of nitrogens with zero attached hydrogens (tertiary/aromatic N) is 2. The Labute approximate surface area is 178 Å². The van der Waals surface area contributed by atoms with Crippen molar-refractivity contribution in [2.75, 3.05) is 13.1 Å². The normalized spacial score (nSPS) is 16.4. The number of benzene rings is 1. The van der Waals surface area contributed by atoms with Crippen molar-refractivity contribution < 1.29 is 19.1 Å². The number of β-amino-alcohol motifs (C(OH)–C–C–N with tert-alkyl or cyclic N) is 1. The molecule has 2 aromatic heterocycles. The third-order valence-corrected chi connectivity index (χ3v) is 5.77. The van der Waals surface area contributed by atoms with Crippen LogP contribution in [0.4, 0.5) is 0 Å². The van der Waals surface area contributed by atoms with Crippen LogP contribution < -0.4 is 5.32 Å². The van der Waals surface area contributed by atoms with Gasteiger partial charge in [-0.2, -0.15) is 11.3 Å². The Morgan fingerprint density at radius 1 is 1.23 bits per heavy atom. The van der Waals surface area contributed by atoms with E-state index < -0.39 is 6.10 Å². The van der Waals surface area contributed by atoms with E-state index in [1.54, 1.807) is 16.2 Å². The maximum atomic E-state index is 12.6. The van der Waals surface area contributed by atoms with Crippen LogP contribution >= 0.6 is 11.3 Å². The fraction of sp³-hybridized carbons (Fsp3) is 0.318. The molecule has 0 saturated carbocycles. The fourth-order valence-corrected chi connectivity index (χ4v) is 4.08. The van der Waals surface area contributed by atoms with E-state index in [1.807, 2.05) is 41.1 Å². The molecule has 2 N–H and O–H groups in total. The zero-order chi connectivity index (χ0) is 20.9. The quantitative estimate of drug-likeness (QED) is 0.633. The van der Waals surface area contributed by atoms with E-state index in [2.05, 4.69) is 10.3 Å². The molecule has 3 aromatic rings. The van der Waals surface area contributed by atoms with Crippen LogP contribution in [0.5, 0.6) is 0 Å². The average Bonchev–Trinajstić information content (AvgIpc) is 3.44. The predicted octanol–water partition coefficient (Wildman–Crippen LogP) is 2.86. The maximum absolute atomic E-state index is 12.6. The van der Waals surface area contributed by atoms with Crippen molar-refractivity contribution >= 4 is 23.2 Å². The van der Waals surface area contributed by atoms with Gasteiger partial charge in [0, 0.05) is 25.2 Å². The van der Waals surface area contributed by atoms with Gasteiger partial charge in [-0.3, -0.25) is 9.59 Å². The summed E-state index contributed by atoms with van der Waals surface area (Å²) in [5, 5.41) is 16.6. The molecule has 30 heavy (non-hydrogen) atoms. The van der Waals surface area contributed by atoms with Gasteiger partial charge in [0.05, 0.1) is 12.5 Å². The molecular weight excluding hydrogens is 402 g/mol. The topological polar surface area (TPSA) is 95.7 Å². The zero-order valence-electron chi connectivity index (χ0n) is 16.4. The largest absolute Gasteiger partial charge is 0.444 e. The number of thiophene rings is 1. The molecule has 1 aromatic carbocycles. The number of aliphatic hydroxyl groups excluding tert-OH is 1. The van der Waals surface area contributed by atoms with Crippen LogP contribution in [0.1, 0.15) is 34.5 Å². The molecule has 1 unspecified atom stereocenters. The van der Waals surface area contributed by atoms with Crippen molar-refractivity contribution in [2.45, 2.75) is 31.9 Å². The highest BCUT2D eigenvalue weighted by Crippen LogP contribution is 2.21. The minimum atomic E-state index is -0.479. The SMILES string of the molecule is O=C(Cc1ccsc1)NCc1ccc(-c2nc(C(=O)N3CCCC(O)C3)co2)cc1. The first-order chi connectivity index (χ1) is 14.6. The summed E-state index contributed by atoms with van der Waals surface area (Å²) in [7, 11) is 0. The summed E-state index contributed by atoms with van der Waals surface area (Å²) < 4.78 is 5.50. The van der Waals surface area contributed by atoms with Crippen LogP contribution in [-0.2, 0) is 17.8 Å². The fourth-order valence-electron chi connectivity index (χ4n) is 3.41. The summed E-state index contributed by atoms with van der Waals surface area (Å²) in [5.74, 6) is 0.119. The van der Waals surface area contributed by atoms with Crippen molar-refractivity contribution in [3.63, 3.8) is 0 Å². The lowest BCUT2D eigenvalue weighted by atomic mass is 10.1. The van der Waals surface area contributed by atoms with Crippen molar-refractivity contribution in [3.05, 3.63) is 64.2 Å². The summed E-state index contributed by atoms with van der Waals surface area (Å²) in [5.41, 5.74) is 2.97. The molecule has 2 amide bonds. The molecule has 156 valence electrons. The molecule has 1 saturated heterocycles. The Bertz CT molecular complexity index is 998. The molecule has 0 spiro atoms. The lowest BCUT2D eigenvalue weighted by Crippen LogP contribution is -2.42. The number of hydrogen-bond donors (Lipinski definition) is 2. The number of carbonyl (C=O) groups excluding carboxylic acids is 2. The van der Waals surface area contributed by atoms with Gasteiger partial charge in [-0.05, 0) is 52.9 Å². The summed E-state index contributed by atoms with van der Waals surface area (Å²) >= 11 is 1.58. The second kappa shape index (κ2) is 9.23. The molecule has 7 nitrogen and oxygen atoms in total. The third-order valence-electron chi connectivity index (χ3n) is 5.04. The van der Waals surface area contributed by atoms with Crippen molar-refractivity contribution in [1.29, 1.82) is 0 Å². The average molecular weight is 426 g/mol. The number of oxazole rings is 1. The number of likely N-dealkylation sites (tertiary alicyclic amines) is 1. The van der Waals surface area contributed by atoms with Crippen molar-refractivity contribution in [2.24, 2.45) is 0 Å². The molecular formula is C22H23N3O4S. The van der Waals surface area contributed by atoms with Crippen LogP contribution in [0, 0.1) is 0 Å². The lowest BCUT2D eigenvalue weighted by molar-refractivity contribution is -0.120. The molecule has 0 aliphatic carbocycles. The summed E-state index contributed by atoms with van der Waals surface area (Å²) in [6.45, 7) is 1.38. The van der Waals surface area contributed by atoms with Gasteiger partial charge in [0.25, 0.3) is 5.91 Å². The molecule has 1 fully saturated rings. The van der Waals surface area contributed by atoms with Gasteiger partial charge in [-0.15, -0.1) is 0 Å². The standard InChI is InChI=1S/C22H23N3O4S/c26-18-2-1-8-25(12-18)22(28)19-13-29-21(24-19)17-5-3-15(4-6-17)11-23-20(27)10-16-7-9-30-14-16/h3-7,9,13-14,18,26H,1-2,8,10-12H2,(H,23,27). The van der Waals surface area contributed by atoms with E-state index in [9.17, 15) is 14.7 Å². The third kappa shape index (κ3) is 4.95. The summed E-state index contributed by atoms with van der Waals surface area (Å²) in [4.78, 5) is 30.5. The maximum Gasteiger partial charge on any atom is 0.275 e. The van der Waals surface area contributed by atoms with Gasteiger partial charge in [0.1, 0.15) is 6.26 Å². The molecule has 0 bridgehead atoms. The Morgan fingerprint density at radius 3 is 2.80 bits per heavy atom. The summed E-state index contributed by atoms with van der Waals surface area (Å²) in [6, 6.07) is 9.44. The highest BCUT2D eigenvalue weighted by atomic mass is 32.1. The Kier molecular flexibility index (Phi) is 6.25. The van der Waals surface area contributed by atoms with Crippen LogP contribution in [-0.4, -0.2) is 46.0 Å². The van der Waals surface area contributed by atoms with Crippen LogP contribution in [0.25, 0.3) is 11.5 Å². The summed E-state index contributed by atoms with van der Waals surface area (Å²) in [6.07, 6.45) is 2.75. The van der Waals surface area contributed by atoms with Crippen molar-refractivity contribution in [1.82, 2.24) is 15.2 Å². The number of piperidine rings is 1. The number of carbonyl (C=O) groups is 2. The van der Waals surface area contributed by atoms with Gasteiger partial charge in [-0.25, -0.2) is 4.98 Å². The second-order valence-corrected chi connectivity index (χ2v) is 8.15. The molecule has 1 aliphatic heterocycles. The van der Waals surface area contributed by atoms with Crippen LogP contribution in [0.3, 0.4) is 0 Å². The molecule has 1 atom stereocenters. The van der Waals surface area contributed by atoms with Crippen LogP contribution in [0.15, 0.2) is 51.8 Å². The van der Waals surface area contributed by atoms with E-state index in [0.29, 0.717) is 38.4 Å². The van der Waals surface area contributed by atoms with E-state index in [-0.39, 0.29) is 17.5 Å². The van der Waals surface area contributed by atoms with E-state index in [4.69, 9.17) is 4.42 Å². The first-order valence-electron chi connectivity index (χ1n) is 9.88. The second-order valence-electron chi connectivity index (χ2n) is 7.37. The molecule has 1 aliphatic rings. The van der Waals surface area contributed by atoms with E-state index >= 15 is 0 Å². The van der Waals surface area contributed by atoms with Gasteiger partial charge >= 0.3 is 0 Å². The van der Waals surface area contributed by atoms with Gasteiger partial charge in [0.15, 0.2) is 5.69 Å². The number of aliphatic hydroxyl groups is 1. The minimum absolute atomic E-state index is 0.0174. The first kappa shape index (κ1) is 20.3. The smallest absolute Gasteiger partial charge is 0.275 e. The van der Waals surface area contributed by atoms with Crippen molar-refractivity contribution in [3.8, 4) is 11.5 Å². The number of aromatic nitrogens is 1. The number of rotatable bonds is 6. The Hall–Kier alpha value is -2.97. The molecule has 0 radical (unpaired) electrons. The predicted molar refractivity (Wildman–Crippen MR) is 113 cm³/mol. The molecule has 4 rings (SSSR count). The van der Waals surface area contributed by atoms with Gasteiger partial charge in [0.2, 0.25) is 11.8 Å². The number of hydrogen-bond acceptors (Lipinski definition) is 6. The highest BCUT2D eigenvalue weighted by molar-refractivity contribution is 7.08.